The van der Waals surface area contributed by atoms with Gasteiger partial charge in [-0.3, -0.25) is 4.79 Å². The minimum absolute atomic E-state index is 0.257. The second-order valence-electron chi connectivity index (χ2n) is 4.06. The number of carbonyl (C=O) groups is 1. The molecule has 2 N–H and O–H groups in total. The third-order valence-corrected chi connectivity index (χ3v) is 2.75. The van der Waals surface area contributed by atoms with E-state index in [0.717, 1.165) is 12.8 Å². The second kappa shape index (κ2) is 8.72. The van der Waals surface area contributed by atoms with Gasteiger partial charge in [-0.15, -0.1) is 0 Å². The van der Waals surface area contributed by atoms with Crippen LogP contribution in [0.15, 0.2) is 0 Å². The van der Waals surface area contributed by atoms with Gasteiger partial charge in [-0.1, -0.05) is 40.0 Å². The fourth-order valence-electron chi connectivity index (χ4n) is 1.37. The van der Waals surface area contributed by atoms with Crippen LogP contribution in [0.5, 0.6) is 0 Å². The predicted molar refractivity (Wildman–Crippen MR) is 62.5 cm³/mol. The number of ether oxygens (including phenoxy) is 1. The molecule has 0 spiro atoms. The van der Waals surface area contributed by atoms with Gasteiger partial charge < -0.3 is 10.5 Å². The molecule has 2 unspecified atom stereocenters. The topological polar surface area (TPSA) is 52.3 Å². The Balaban J connectivity index is 3.74. The number of carbonyl (C=O) groups excluding carboxylic acids is 1. The summed E-state index contributed by atoms with van der Waals surface area (Å²) in [5.74, 6) is 0.241. The molecule has 90 valence electrons. The van der Waals surface area contributed by atoms with Crippen LogP contribution >= 0.6 is 0 Å². The Labute approximate surface area is 93.4 Å². The Hall–Kier alpha value is -0.570. The number of rotatable bonds is 8. The molecule has 15 heavy (non-hydrogen) atoms. The lowest BCUT2D eigenvalue weighted by atomic mass is 10.0. The van der Waals surface area contributed by atoms with Crippen molar-refractivity contribution in [2.24, 2.45) is 11.7 Å². The second-order valence-corrected chi connectivity index (χ2v) is 4.06. The van der Waals surface area contributed by atoms with Crippen LogP contribution in [0.25, 0.3) is 0 Å². The molecule has 0 rings (SSSR count). The first-order chi connectivity index (χ1) is 7.15. The van der Waals surface area contributed by atoms with Gasteiger partial charge in [0.2, 0.25) is 0 Å². The first-order valence-electron chi connectivity index (χ1n) is 6.07. The van der Waals surface area contributed by atoms with Gasteiger partial charge in [0.1, 0.15) is 6.04 Å². The number of esters is 1. The molecule has 0 fully saturated rings. The summed E-state index contributed by atoms with van der Waals surface area (Å²) >= 11 is 0. The fourth-order valence-corrected chi connectivity index (χ4v) is 1.37. The van der Waals surface area contributed by atoms with Crippen LogP contribution in [0.1, 0.15) is 52.9 Å². The van der Waals surface area contributed by atoms with Crippen LogP contribution in [0.2, 0.25) is 0 Å². The molecular weight excluding hydrogens is 190 g/mol. The summed E-state index contributed by atoms with van der Waals surface area (Å²) in [6, 6.07) is -0.450. The highest BCUT2D eigenvalue weighted by Gasteiger charge is 2.14. The van der Waals surface area contributed by atoms with E-state index in [4.69, 9.17) is 10.5 Å². The van der Waals surface area contributed by atoms with Crippen LogP contribution in [-0.4, -0.2) is 18.6 Å². The third kappa shape index (κ3) is 6.50. The molecular formula is C12H25NO2. The SMILES string of the molecule is CCCCC(CC)COC(=O)C(N)CC. The van der Waals surface area contributed by atoms with Crippen molar-refractivity contribution in [1.82, 2.24) is 0 Å². The van der Waals surface area contributed by atoms with Gasteiger partial charge in [0.05, 0.1) is 6.61 Å². The van der Waals surface area contributed by atoms with E-state index in [1.807, 2.05) is 6.92 Å². The number of hydrogen-bond donors (Lipinski definition) is 1. The highest BCUT2D eigenvalue weighted by atomic mass is 16.5. The molecule has 0 bridgehead atoms. The van der Waals surface area contributed by atoms with Gasteiger partial charge in [0, 0.05) is 0 Å². The molecule has 0 heterocycles. The van der Waals surface area contributed by atoms with Gasteiger partial charge in [0.15, 0.2) is 0 Å². The van der Waals surface area contributed by atoms with Gasteiger partial charge in [-0.2, -0.15) is 0 Å². The number of nitrogens with two attached hydrogens (primary N) is 1. The Morgan fingerprint density at radius 2 is 1.93 bits per heavy atom. The summed E-state index contributed by atoms with van der Waals surface area (Å²) in [5, 5.41) is 0. The zero-order valence-electron chi connectivity index (χ0n) is 10.3. The van der Waals surface area contributed by atoms with E-state index >= 15 is 0 Å². The van der Waals surface area contributed by atoms with Gasteiger partial charge in [0.25, 0.3) is 0 Å². The Kier molecular flexibility index (Phi) is 8.38. The lowest BCUT2D eigenvalue weighted by molar-refractivity contribution is -0.146. The maximum absolute atomic E-state index is 11.3. The van der Waals surface area contributed by atoms with Crippen molar-refractivity contribution in [1.29, 1.82) is 0 Å². The Bertz CT molecular complexity index is 171. The molecule has 0 radical (unpaired) electrons. The number of hydrogen-bond acceptors (Lipinski definition) is 3. The molecule has 0 aromatic carbocycles. The molecule has 0 saturated carbocycles. The molecule has 0 amide bonds. The highest BCUT2D eigenvalue weighted by Crippen LogP contribution is 2.13. The first kappa shape index (κ1) is 14.4. The van der Waals surface area contributed by atoms with Crippen LogP contribution in [-0.2, 0) is 9.53 Å². The molecule has 2 atom stereocenters. The van der Waals surface area contributed by atoms with E-state index < -0.39 is 6.04 Å². The minimum Gasteiger partial charge on any atom is -0.464 e. The average molecular weight is 215 g/mol. The molecule has 0 aliphatic rings. The third-order valence-electron chi connectivity index (χ3n) is 2.75. The van der Waals surface area contributed by atoms with Gasteiger partial charge in [-0.05, 0) is 18.8 Å². The molecule has 0 aromatic heterocycles. The fraction of sp³-hybridized carbons (Fsp3) is 0.917. The van der Waals surface area contributed by atoms with Crippen molar-refractivity contribution in [2.75, 3.05) is 6.61 Å². The van der Waals surface area contributed by atoms with Gasteiger partial charge >= 0.3 is 5.97 Å². The molecule has 3 heteroatoms. The van der Waals surface area contributed by atoms with Crippen molar-refractivity contribution in [3.8, 4) is 0 Å². The standard InChI is InChI=1S/C12H25NO2/c1-4-7-8-10(5-2)9-15-12(14)11(13)6-3/h10-11H,4-9,13H2,1-3H3. The lowest BCUT2D eigenvalue weighted by Gasteiger charge is -2.16. The maximum atomic E-state index is 11.3. The summed E-state index contributed by atoms with van der Waals surface area (Å²) in [6.45, 7) is 6.73. The van der Waals surface area contributed by atoms with Crippen molar-refractivity contribution in [3.05, 3.63) is 0 Å². The van der Waals surface area contributed by atoms with E-state index in [0.29, 0.717) is 18.9 Å². The van der Waals surface area contributed by atoms with Crippen molar-refractivity contribution < 1.29 is 9.53 Å². The van der Waals surface area contributed by atoms with E-state index in [1.54, 1.807) is 0 Å². The van der Waals surface area contributed by atoms with Crippen LogP contribution in [0, 0.1) is 5.92 Å². The zero-order chi connectivity index (χ0) is 11.7. The lowest BCUT2D eigenvalue weighted by Crippen LogP contribution is -2.32. The van der Waals surface area contributed by atoms with Crippen LogP contribution < -0.4 is 5.73 Å². The molecule has 0 aromatic rings. The largest absolute Gasteiger partial charge is 0.464 e. The summed E-state index contributed by atoms with van der Waals surface area (Å²) in [6.07, 6.45) is 5.25. The highest BCUT2D eigenvalue weighted by molar-refractivity contribution is 5.75. The van der Waals surface area contributed by atoms with Crippen molar-refractivity contribution >= 4 is 5.97 Å². The van der Waals surface area contributed by atoms with E-state index in [1.165, 1.54) is 12.8 Å². The maximum Gasteiger partial charge on any atom is 0.322 e. The normalized spacial score (nSPS) is 14.7. The van der Waals surface area contributed by atoms with E-state index in [9.17, 15) is 4.79 Å². The molecule has 0 saturated heterocycles. The van der Waals surface area contributed by atoms with Crippen LogP contribution in [0.3, 0.4) is 0 Å². The Morgan fingerprint density at radius 1 is 1.27 bits per heavy atom. The summed E-state index contributed by atoms with van der Waals surface area (Å²) in [7, 11) is 0. The zero-order valence-corrected chi connectivity index (χ0v) is 10.3. The smallest absolute Gasteiger partial charge is 0.322 e. The molecule has 0 aliphatic heterocycles. The van der Waals surface area contributed by atoms with Crippen molar-refractivity contribution in [3.63, 3.8) is 0 Å². The monoisotopic (exact) mass is 215 g/mol. The number of unbranched alkanes of at least 4 members (excludes halogenated alkanes) is 1. The van der Waals surface area contributed by atoms with Crippen molar-refractivity contribution in [2.45, 2.75) is 58.9 Å². The minimum atomic E-state index is -0.450. The summed E-state index contributed by atoms with van der Waals surface area (Å²) < 4.78 is 5.18. The average Bonchev–Trinajstić information content (AvgIpc) is 2.27. The van der Waals surface area contributed by atoms with E-state index in [-0.39, 0.29) is 5.97 Å². The quantitative estimate of drug-likeness (QED) is 0.633. The molecule has 3 nitrogen and oxygen atoms in total. The van der Waals surface area contributed by atoms with Gasteiger partial charge in [-0.25, -0.2) is 0 Å². The predicted octanol–water partition coefficient (Wildman–Crippen LogP) is 2.48. The van der Waals surface area contributed by atoms with E-state index in [2.05, 4.69) is 13.8 Å². The molecule has 0 aliphatic carbocycles. The van der Waals surface area contributed by atoms with Crippen LogP contribution in [0.4, 0.5) is 0 Å². The summed E-state index contributed by atoms with van der Waals surface area (Å²) in [4.78, 5) is 11.3. The summed E-state index contributed by atoms with van der Waals surface area (Å²) in [5.41, 5.74) is 5.57. The first-order valence-corrected chi connectivity index (χ1v) is 6.07. The Morgan fingerprint density at radius 3 is 2.40 bits per heavy atom.